The van der Waals surface area contributed by atoms with Gasteiger partial charge in [0.2, 0.25) is 0 Å². The third-order valence-corrected chi connectivity index (χ3v) is 2.65. The highest BCUT2D eigenvalue weighted by Crippen LogP contribution is 2.24. The summed E-state index contributed by atoms with van der Waals surface area (Å²) in [6.45, 7) is 1.56. The molecule has 0 radical (unpaired) electrons. The molecular weight excluding hydrogens is 220 g/mol. The topological polar surface area (TPSA) is 49.9 Å². The Hall–Kier alpha value is -2.04. The number of nitrogens with zero attached hydrogens (tertiary/aromatic N) is 2. The van der Waals surface area contributed by atoms with Gasteiger partial charge in [-0.2, -0.15) is 0 Å². The minimum atomic E-state index is -0.698. The van der Waals surface area contributed by atoms with Crippen LogP contribution in [0.3, 0.4) is 0 Å². The number of cyclic esters (lactones) is 1. The van der Waals surface area contributed by atoms with Crippen molar-refractivity contribution >= 4 is 23.4 Å². The third kappa shape index (κ3) is 1.95. The average Bonchev–Trinajstić information content (AvgIpc) is 2.53. The Morgan fingerprint density at radius 1 is 1.18 bits per heavy atom. The van der Waals surface area contributed by atoms with Crippen LogP contribution in [0.2, 0.25) is 0 Å². The van der Waals surface area contributed by atoms with Gasteiger partial charge in [0, 0.05) is 19.8 Å². The van der Waals surface area contributed by atoms with Gasteiger partial charge in [-0.3, -0.25) is 4.79 Å². The summed E-state index contributed by atoms with van der Waals surface area (Å²) >= 11 is 0. The number of amides is 2. The Kier molecular flexibility index (Phi) is 2.75. The first-order chi connectivity index (χ1) is 8.00. The lowest BCUT2D eigenvalue weighted by Gasteiger charge is -2.15. The zero-order valence-corrected chi connectivity index (χ0v) is 10.0. The van der Waals surface area contributed by atoms with Gasteiger partial charge in [-0.05, 0) is 31.2 Å². The monoisotopic (exact) mass is 234 g/mol. The van der Waals surface area contributed by atoms with Crippen molar-refractivity contribution in [1.82, 2.24) is 0 Å². The first-order valence-electron chi connectivity index (χ1n) is 5.32. The zero-order chi connectivity index (χ0) is 12.6. The smallest absolute Gasteiger partial charge is 0.422 e. The van der Waals surface area contributed by atoms with Crippen LogP contribution in [-0.4, -0.2) is 32.2 Å². The van der Waals surface area contributed by atoms with Gasteiger partial charge in [-0.25, -0.2) is 9.69 Å². The maximum Gasteiger partial charge on any atom is 0.422 e. The van der Waals surface area contributed by atoms with E-state index >= 15 is 0 Å². The summed E-state index contributed by atoms with van der Waals surface area (Å²) in [5.74, 6) is -0.326. The lowest BCUT2D eigenvalue weighted by Crippen LogP contribution is -2.30. The average molecular weight is 234 g/mol. The summed E-state index contributed by atoms with van der Waals surface area (Å²) < 4.78 is 4.85. The molecule has 5 heteroatoms. The molecule has 0 aromatic heterocycles. The van der Waals surface area contributed by atoms with Gasteiger partial charge in [-0.1, -0.05) is 0 Å². The lowest BCUT2D eigenvalue weighted by atomic mass is 10.2. The second-order valence-corrected chi connectivity index (χ2v) is 4.11. The van der Waals surface area contributed by atoms with Gasteiger partial charge in [0.15, 0.2) is 6.10 Å². The van der Waals surface area contributed by atoms with E-state index in [0.29, 0.717) is 5.69 Å². The fourth-order valence-electron chi connectivity index (χ4n) is 1.66. The van der Waals surface area contributed by atoms with Crippen LogP contribution < -0.4 is 9.80 Å². The van der Waals surface area contributed by atoms with E-state index in [2.05, 4.69) is 0 Å². The van der Waals surface area contributed by atoms with Crippen LogP contribution in [0.15, 0.2) is 24.3 Å². The standard InChI is InChI=1S/C12H14N2O3/c1-8-11(15)14(12(16)17-8)10-6-4-9(5-7-10)13(2)3/h4-8H,1-3H3. The molecule has 1 heterocycles. The number of ether oxygens (including phenoxy) is 1. The molecule has 1 saturated heterocycles. The van der Waals surface area contributed by atoms with Crippen LogP contribution in [0.5, 0.6) is 0 Å². The highest BCUT2D eigenvalue weighted by molar-refractivity contribution is 6.18. The van der Waals surface area contributed by atoms with Crippen molar-refractivity contribution in [2.45, 2.75) is 13.0 Å². The lowest BCUT2D eigenvalue weighted by molar-refractivity contribution is -0.121. The van der Waals surface area contributed by atoms with Gasteiger partial charge in [0.1, 0.15) is 0 Å². The van der Waals surface area contributed by atoms with Crippen molar-refractivity contribution in [3.63, 3.8) is 0 Å². The number of carbonyl (C=O) groups is 2. The van der Waals surface area contributed by atoms with Gasteiger partial charge in [0.25, 0.3) is 5.91 Å². The second kappa shape index (κ2) is 4.08. The molecule has 1 aromatic rings. The number of carbonyl (C=O) groups excluding carboxylic acids is 2. The molecule has 2 amide bonds. The van der Waals surface area contributed by atoms with Gasteiger partial charge in [0.05, 0.1) is 5.69 Å². The number of hydrogen-bond acceptors (Lipinski definition) is 4. The Balaban J connectivity index is 2.29. The van der Waals surface area contributed by atoms with E-state index in [9.17, 15) is 9.59 Å². The molecule has 0 spiro atoms. The molecule has 90 valence electrons. The Labute approximate surface area is 99.6 Å². The maximum atomic E-state index is 11.7. The van der Waals surface area contributed by atoms with Crippen molar-refractivity contribution in [2.75, 3.05) is 23.9 Å². The summed E-state index contributed by atoms with van der Waals surface area (Å²) in [7, 11) is 3.85. The van der Waals surface area contributed by atoms with Gasteiger partial charge in [-0.15, -0.1) is 0 Å². The molecular formula is C12H14N2O3. The van der Waals surface area contributed by atoms with E-state index in [0.717, 1.165) is 10.6 Å². The quantitative estimate of drug-likeness (QED) is 0.780. The fraction of sp³-hybridized carbons (Fsp3) is 0.333. The molecule has 0 bridgehead atoms. The summed E-state index contributed by atoms with van der Waals surface area (Å²) in [6, 6.07) is 7.15. The number of hydrogen-bond donors (Lipinski definition) is 0. The molecule has 17 heavy (non-hydrogen) atoms. The van der Waals surface area contributed by atoms with Gasteiger partial charge < -0.3 is 9.64 Å². The maximum absolute atomic E-state index is 11.7. The highest BCUT2D eigenvalue weighted by Gasteiger charge is 2.38. The fourth-order valence-corrected chi connectivity index (χ4v) is 1.66. The number of anilines is 2. The number of rotatable bonds is 2. The molecule has 2 rings (SSSR count). The van der Waals surface area contributed by atoms with Crippen LogP contribution in [0, 0.1) is 0 Å². The molecule has 1 fully saturated rings. The van der Waals surface area contributed by atoms with Crippen molar-refractivity contribution in [2.24, 2.45) is 0 Å². The molecule has 1 unspecified atom stereocenters. The third-order valence-electron chi connectivity index (χ3n) is 2.65. The van der Waals surface area contributed by atoms with E-state index < -0.39 is 12.2 Å². The Morgan fingerprint density at radius 2 is 1.76 bits per heavy atom. The van der Waals surface area contributed by atoms with E-state index in [-0.39, 0.29) is 5.91 Å². The Bertz CT molecular complexity index is 453. The van der Waals surface area contributed by atoms with E-state index in [4.69, 9.17) is 4.74 Å². The van der Waals surface area contributed by atoms with Crippen molar-refractivity contribution in [3.05, 3.63) is 24.3 Å². The van der Waals surface area contributed by atoms with Crippen molar-refractivity contribution in [3.8, 4) is 0 Å². The summed E-state index contributed by atoms with van der Waals surface area (Å²) in [4.78, 5) is 26.2. The largest absolute Gasteiger partial charge is 0.436 e. The van der Waals surface area contributed by atoms with Gasteiger partial charge >= 0.3 is 6.09 Å². The highest BCUT2D eigenvalue weighted by atomic mass is 16.6. The molecule has 5 nitrogen and oxygen atoms in total. The Morgan fingerprint density at radius 3 is 2.18 bits per heavy atom. The molecule has 0 saturated carbocycles. The van der Waals surface area contributed by atoms with E-state index in [1.807, 2.05) is 31.1 Å². The zero-order valence-electron chi connectivity index (χ0n) is 10.0. The predicted molar refractivity (Wildman–Crippen MR) is 64.2 cm³/mol. The molecule has 0 aliphatic carbocycles. The van der Waals surface area contributed by atoms with Crippen LogP contribution in [0.1, 0.15) is 6.92 Å². The molecule has 1 aliphatic rings. The van der Waals surface area contributed by atoms with Crippen molar-refractivity contribution in [1.29, 1.82) is 0 Å². The molecule has 0 N–H and O–H groups in total. The minimum Gasteiger partial charge on any atom is -0.436 e. The first kappa shape index (κ1) is 11.4. The van der Waals surface area contributed by atoms with Crippen molar-refractivity contribution < 1.29 is 14.3 Å². The summed E-state index contributed by atoms with van der Waals surface area (Å²) in [6.07, 6.45) is -1.31. The van der Waals surface area contributed by atoms with Crippen LogP contribution in [0.4, 0.5) is 16.2 Å². The SMILES string of the molecule is CC1OC(=O)N(c2ccc(N(C)C)cc2)C1=O. The molecule has 1 aromatic carbocycles. The van der Waals surface area contributed by atoms with Crippen LogP contribution in [-0.2, 0) is 9.53 Å². The van der Waals surface area contributed by atoms with E-state index in [1.165, 1.54) is 0 Å². The normalized spacial score (nSPS) is 19.5. The number of benzene rings is 1. The molecule has 1 atom stereocenters. The van der Waals surface area contributed by atoms with Crippen LogP contribution in [0.25, 0.3) is 0 Å². The number of imide groups is 1. The summed E-state index contributed by atoms with van der Waals surface area (Å²) in [5.41, 5.74) is 1.54. The first-order valence-corrected chi connectivity index (χ1v) is 5.32. The second-order valence-electron chi connectivity index (χ2n) is 4.11. The van der Waals surface area contributed by atoms with E-state index in [1.54, 1.807) is 19.1 Å². The van der Waals surface area contributed by atoms with Crippen LogP contribution >= 0.6 is 0 Å². The summed E-state index contributed by atoms with van der Waals surface area (Å²) in [5, 5.41) is 0. The predicted octanol–water partition coefficient (Wildman–Crippen LogP) is 1.62. The molecule has 1 aliphatic heterocycles. The minimum absolute atomic E-state index is 0.326.